The van der Waals surface area contributed by atoms with Gasteiger partial charge in [0.25, 0.3) is 5.56 Å². The predicted molar refractivity (Wildman–Crippen MR) is 106 cm³/mol. The van der Waals surface area contributed by atoms with Crippen LogP contribution in [0.15, 0.2) is 64.2 Å². The SMILES string of the molecule is C/C1=C(\c2ccccc2)c2c(c(=O)n(C)c(=O)n2C)OCc2ccccc21. The molecule has 0 atom stereocenters. The van der Waals surface area contributed by atoms with Crippen molar-refractivity contribution in [1.82, 2.24) is 9.13 Å². The number of rotatable bonds is 1. The molecule has 0 bridgehead atoms. The normalized spacial score (nSPS) is 16.0. The van der Waals surface area contributed by atoms with Crippen LogP contribution in [0.1, 0.15) is 29.3 Å². The van der Waals surface area contributed by atoms with E-state index >= 15 is 0 Å². The Morgan fingerprint density at radius 1 is 0.889 bits per heavy atom. The number of allylic oxidation sites excluding steroid dienone is 1. The molecule has 4 rings (SSSR count). The summed E-state index contributed by atoms with van der Waals surface area (Å²) in [5.41, 5.74) is 4.53. The fraction of sp³-hybridized carbons (Fsp3) is 0.182. The average molecular weight is 360 g/mol. The van der Waals surface area contributed by atoms with Gasteiger partial charge in [-0.3, -0.25) is 13.9 Å². The Morgan fingerprint density at radius 3 is 2.30 bits per heavy atom. The number of hydrogen-bond acceptors (Lipinski definition) is 3. The van der Waals surface area contributed by atoms with Crippen molar-refractivity contribution in [3.63, 3.8) is 0 Å². The standard InChI is InChI=1S/C22H20N2O3/c1-14-17-12-8-7-11-16(17)13-27-20-19(18(14)15-9-5-4-6-10-15)23(2)22(26)24(3)21(20)25/h4-12H,13H2,1-3H3/b18-14-. The van der Waals surface area contributed by atoms with Crippen LogP contribution in [-0.4, -0.2) is 9.13 Å². The van der Waals surface area contributed by atoms with E-state index in [4.69, 9.17) is 4.74 Å². The summed E-state index contributed by atoms with van der Waals surface area (Å²) in [7, 11) is 3.15. The summed E-state index contributed by atoms with van der Waals surface area (Å²) >= 11 is 0. The molecule has 0 fully saturated rings. The van der Waals surface area contributed by atoms with Crippen molar-refractivity contribution in [2.45, 2.75) is 13.5 Å². The van der Waals surface area contributed by atoms with E-state index in [2.05, 4.69) is 0 Å². The van der Waals surface area contributed by atoms with Gasteiger partial charge in [0.15, 0.2) is 0 Å². The van der Waals surface area contributed by atoms with E-state index in [1.807, 2.05) is 61.5 Å². The summed E-state index contributed by atoms with van der Waals surface area (Å²) in [6.45, 7) is 2.30. The summed E-state index contributed by atoms with van der Waals surface area (Å²) in [4.78, 5) is 25.5. The largest absolute Gasteiger partial charge is 0.481 e. The van der Waals surface area contributed by atoms with E-state index in [1.54, 1.807) is 7.05 Å². The van der Waals surface area contributed by atoms with Gasteiger partial charge in [0.05, 0.1) is 0 Å². The summed E-state index contributed by atoms with van der Waals surface area (Å²) in [6, 6.07) is 17.8. The van der Waals surface area contributed by atoms with Crippen LogP contribution in [0, 0.1) is 0 Å². The van der Waals surface area contributed by atoms with E-state index in [1.165, 1.54) is 11.6 Å². The molecule has 0 unspecified atom stereocenters. The van der Waals surface area contributed by atoms with Crippen LogP contribution in [0.2, 0.25) is 0 Å². The molecule has 1 aliphatic rings. The van der Waals surface area contributed by atoms with Crippen molar-refractivity contribution in [2.24, 2.45) is 14.1 Å². The van der Waals surface area contributed by atoms with Gasteiger partial charge in [-0.15, -0.1) is 0 Å². The van der Waals surface area contributed by atoms with E-state index in [0.717, 1.165) is 32.4 Å². The molecule has 136 valence electrons. The zero-order valence-corrected chi connectivity index (χ0v) is 15.5. The molecule has 1 aliphatic heterocycles. The van der Waals surface area contributed by atoms with Crippen LogP contribution in [0.5, 0.6) is 5.75 Å². The number of aromatic nitrogens is 2. The molecule has 2 aromatic carbocycles. The van der Waals surface area contributed by atoms with E-state index in [9.17, 15) is 9.59 Å². The van der Waals surface area contributed by atoms with Crippen molar-refractivity contribution in [2.75, 3.05) is 0 Å². The lowest BCUT2D eigenvalue weighted by atomic mass is 9.89. The van der Waals surface area contributed by atoms with Crippen molar-refractivity contribution < 1.29 is 4.74 Å². The molecule has 0 radical (unpaired) electrons. The van der Waals surface area contributed by atoms with E-state index < -0.39 is 5.56 Å². The predicted octanol–water partition coefficient (Wildman–Crippen LogP) is 2.96. The molecule has 5 heteroatoms. The molecular weight excluding hydrogens is 340 g/mol. The highest BCUT2D eigenvalue weighted by atomic mass is 16.5. The summed E-state index contributed by atoms with van der Waals surface area (Å²) in [5, 5.41) is 0. The second-order valence-electron chi connectivity index (χ2n) is 6.70. The van der Waals surface area contributed by atoms with Crippen LogP contribution in [0.3, 0.4) is 0 Å². The molecule has 5 nitrogen and oxygen atoms in total. The molecule has 3 aromatic rings. The lowest BCUT2D eigenvalue weighted by Gasteiger charge is -2.24. The molecule has 1 aromatic heterocycles. The highest BCUT2D eigenvalue weighted by Gasteiger charge is 2.26. The zero-order valence-electron chi connectivity index (χ0n) is 15.5. The maximum Gasteiger partial charge on any atom is 0.331 e. The Morgan fingerprint density at radius 2 is 1.56 bits per heavy atom. The molecule has 0 spiro atoms. The van der Waals surface area contributed by atoms with Gasteiger partial charge in [0.2, 0.25) is 5.75 Å². The van der Waals surface area contributed by atoms with Crippen molar-refractivity contribution >= 4 is 11.1 Å². The molecule has 27 heavy (non-hydrogen) atoms. The van der Waals surface area contributed by atoms with Crippen molar-refractivity contribution in [1.29, 1.82) is 0 Å². The summed E-state index contributed by atoms with van der Waals surface area (Å²) in [5.74, 6) is 0.201. The van der Waals surface area contributed by atoms with Crippen LogP contribution >= 0.6 is 0 Å². The molecule has 0 saturated carbocycles. The fourth-order valence-electron chi connectivity index (χ4n) is 3.66. The minimum Gasteiger partial charge on any atom is -0.481 e. The average Bonchev–Trinajstić information content (AvgIpc) is 2.69. The van der Waals surface area contributed by atoms with Crippen molar-refractivity contribution in [3.05, 3.63) is 97.8 Å². The van der Waals surface area contributed by atoms with Gasteiger partial charge in [-0.2, -0.15) is 0 Å². The van der Waals surface area contributed by atoms with Gasteiger partial charge in [-0.25, -0.2) is 4.79 Å². The number of benzene rings is 2. The third-order valence-corrected chi connectivity index (χ3v) is 5.09. The van der Waals surface area contributed by atoms with Crippen LogP contribution in [-0.2, 0) is 20.7 Å². The third kappa shape index (κ3) is 2.63. The molecule has 0 amide bonds. The number of ether oxygens (including phenoxy) is 1. The Labute approximate surface area is 156 Å². The van der Waals surface area contributed by atoms with Gasteiger partial charge >= 0.3 is 5.69 Å². The summed E-state index contributed by atoms with van der Waals surface area (Å²) in [6.07, 6.45) is 0. The molecule has 0 N–H and O–H groups in total. The second-order valence-corrected chi connectivity index (χ2v) is 6.70. The molecule has 0 aliphatic carbocycles. The highest BCUT2D eigenvalue weighted by molar-refractivity contribution is 5.99. The molecule has 2 heterocycles. The quantitative estimate of drug-likeness (QED) is 0.670. The third-order valence-electron chi connectivity index (χ3n) is 5.09. The fourth-order valence-corrected chi connectivity index (χ4v) is 3.66. The van der Waals surface area contributed by atoms with E-state index in [-0.39, 0.29) is 18.0 Å². The Bertz CT molecular complexity index is 1180. The topological polar surface area (TPSA) is 53.2 Å². The number of fused-ring (bicyclic) bond motifs is 2. The maximum absolute atomic E-state index is 12.8. The van der Waals surface area contributed by atoms with Crippen LogP contribution in [0.25, 0.3) is 11.1 Å². The minimum atomic E-state index is -0.422. The van der Waals surface area contributed by atoms with E-state index in [0.29, 0.717) is 5.69 Å². The van der Waals surface area contributed by atoms with Gasteiger partial charge in [-0.05, 0) is 29.2 Å². The Hall–Kier alpha value is -3.34. The van der Waals surface area contributed by atoms with Crippen LogP contribution in [0.4, 0.5) is 0 Å². The summed E-state index contributed by atoms with van der Waals surface area (Å²) < 4.78 is 8.56. The zero-order chi connectivity index (χ0) is 19.1. The number of hydrogen-bond donors (Lipinski definition) is 0. The smallest absolute Gasteiger partial charge is 0.331 e. The Balaban J connectivity index is 2.20. The first-order valence-electron chi connectivity index (χ1n) is 8.78. The monoisotopic (exact) mass is 360 g/mol. The lowest BCUT2D eigenvalue weighted by Crippen LogP contribution is -2.39. The lowest BCUT2D eigenvalue weighted by molar-refractivity contribution is 0.293. The van der Waals surface area contributed by atoms with Gasteiger partial charge in [0, 0.05) is 19.7 Å². The first-order valence-corrected chi connectivity index (χ1v) is 8.78. The minimum absolute atomic E-state index is 0.201. The first-order chi connectivity index (χ1) is 13.0. The van der Waals surface area contributed by atoms with Gasteiger partial charge in [0.1, 0.15) is 12.3 Å². The van der Waals surface area contributed by atoms with Gasteiger partial charge in [-0.1, -0.05) is 54.6 Å². The molecular formula is C22H20N2O3. The molecule has 0 saturated heterocycles. The van der Waals surface area contributed by atoms with Gasteiger partial charge < -0.3 is 4.74 Å². The number of nitrogens with zero attached hydrogens (tertiary/aromatic N) is 2. The Kier molecular flexibility index (Phi) is 4.07. The maximum atomic E-state index is 12.8. The second kappa shape index (κ2) is 6.43. The highest BCUT2D eigenvalue weighted by Crippen LogP contribution is 2.37. The van der Waals surface area contributed by atoms with Crippen LogP contribution < -0.4 is 16.0 Å². The first kappa shape index (κ1) is 17.1. The van der Waals surface area contributed by atoms with Crippen molar-refractivity contribution in [3.8, 4) is 5.75 Å².